The quantitative estimate of drug-likeness (QED) is 0.523. The van der Waals surface area contributed by atoms with Gasteiger partial charge in [-0.15, -0.1) is 0 Å². The van der Waals surface area contributed by atoms with Gasteiger partial charge in [-0.3, -0.25) is 4.21 Å². The van der Waals surface area contributed by atoms with Gasteiger partial charge in [0.15, 0.2) is 0 Å². The summed E-state index contributed by atoms with van der Waals surface area (Å²) in [4.78, 5) is 11.9. The minimum Gasteiger partial charge on any atom is -0.594 e. The molecule has 1 N–H and O–H groups in total. The van der Waals surface area contributed by atoms with Crippen molar-refractivity contribution in [2.45, 2.75) is 4.90 Å². The van der Waals surface area contributed by atoms with Gasteiger partial charge in [0.25, 0.3) is 5.52 Å². The number of benzene rings is 1. The monoisotopic (exact) mass is 292 g/mol. The first-order valence-electron chi connectivity index (χ1n) is 5.47. The maximum absolute atomic E-state index is 11.8. The summed E-state index contributed by atoms with van der Waals surface area (Å²) in [7, 11) is -1.23. The van der Waals surface area contributed by atoms with Gasteiger partial charge in [-0.2, -0.15) is 5.10 Å². The Labute approximate surface area is 114 Å². The summed E-state index contributed by atoms with van der Waals surface area (Å²) < 4.78 is 12.8. The second-order valence-corrected chi connectivity index (χ2v) is 5.46. The maximum atomic E-state index is 11.8. The molecule has 102 valence electrons. The van der Waals surface area contributed by atoms with Gasteiger partial charge < -0.3 is 10.3 Å². The van der Waals surface area contributed by atoms with Crippen LogP contribution in [-0.2, 0) is 10.8 Å². The lowest BCUT2D eigenvalue weighted by molar-refractivity contribution is -0.640. The highest BCUT2D eigenvalue weighted by Gasteiger charge is 2.20. The standard InChI is InChI=1S/C11H8N4O4S/c1-20(19)6-2-3-8-9(4-6)14-10(13-15(8)18)7(5-12-14)11(16)17/h2-5H,1H3,(H,16,17). The van der Waals surface area contributed by atoms with E-state index >= 15 is 0 Å². The molecule has 0 radical (unpaired) electrons. The molecule has 0 spiro atoms. The van der Waals surface area contributed by atoms with Crippen molar-refractivity contribution in [3.05, 3.63) is 35.2 Å². The number of carboxylic acid groups (broad SMARTS) is 1. The molecule has 3 aromatic rings. The molecule has 9 heteroatoms. The largest absolute Gasteiger partial charge is 0.594 e. The molecule has 2 aromatic heterocycles. The van der Waals surface area contributed by atoms with E-state index in [2.05, 4.69) is 10.2 Å². The summed E-state index contributed by atoms with van der Waals surface area (Å²) in [6, 6.07) is 4.57. The van der Waals surface area contributed by atoms with E-state index in [1.54, 1.807) is 6.07 Å². The van der Waals surface area contributed by atoms with Gasteiger partial charge in [0.05, 0.1) is 6.20 Å². The number of fused-ring (bicyclic) bond motifs is 3. The molecule has 0 amide bonds. The Morgan fingerprint density at radius 3 is 2.90 bits per heavy atom. The number of rotatable bonds is 2. The molecule has 0 saturated heterocycles. The van der Waals surface area contributed by atoms with Gasteiger partial charge in [0, 0.05) is 33.1 Å². The fourth-order valence-electron chi connectivity index (χ4n) is 1.92. The summed E-state index contributed by atoms with van der Waals surface area (Å²) in [5.41, 5.74) is 0.343. The van der Waals surface area contributed by atoms with E-state index in [0.717, 1.165) is 6.20 Å². The fourth-order valence-corrected chi connectivity index (χ4v) is 2.46. The predicted molar refractivity (Wildman–Crippen MR) is 68.7 cm³/mol. The van der Waals surface area contributed by atoms with Gasteiger partial charge in [-0.25, -0.2) is 9.31 Å². The molecule has 1 aromatic carbocycles. The first-order valence-corrected chi connectivity index (χ1v) is 7.03. The van der Waals surface area contributed by atoms with Crippen molar-refractivity contribution in [2.24, 2.45) is 0 Å². The second kappa shape index (κ2) is 4.23. The second-order valence-electron chi connectivity index (χ2n) is 4.08. The van der Waals surface area contributed by atoms with Crippen LogP contribution in [0.5, 0.6) is 0 Å². The predicted octanol–water partition coefficient (Wildman–Crippen LogP) is -0.0485. The molecule has 0 aliphatic heterocycles. The molecule has 20 heavy (non-hydrogen) atoms. The van der Waals surface area contributed by atoms with Crippen LogP contribution >= 0.6 is 0 Å². The van der Waals surface area contributed by atoms with Crippen molar-refractivity contribution < 1.29 is 19.0 Å². The molecule has 1 atom stereocenters. The third-order valence-corrected chi connectivity index (χ3v) is 3.79. The summed E-state index contributed by atoms with van der Waals surface area (Å²) in [6.45, 7) is 0. The average molecular weight is 292 g/mol. The van der Waals surface area contributed by atoms with Gasteiger partial charge >= 0.3 is 5.97 Å². The zero-order valence-electron chi connectivity index (χ0n) is 10.2. The van der Waals surface area contributed by atoms with E-state index in [0.29, 0.717) is 15.3 Å². The minimum atomic E-state index is -1.23. The smallest absolute Gasteiger partial charge is 0.341 e. The topological polar surface area (TPSA) is 112 Å². The molecule has 0 bridgehead atoms. The number of hydrogen-bond donors (Lipinski definition) is 1. The van der Waals surface area contributed by atoms with Crippen molar-refractivity contribution in [3.63, 3.8) is 0 Å². The molecule has 0 saturated carbocycles. The summed E-state index contributed by atoms with van der Waals surface area (Å²) >= 11 is 0. The average Bonchev–Trinajstić information content (AvgIpc) is 2.82. The van der Waals surface area contributed by atoms with Gasteiger partial charge in [0.2, 0.25) is 5.65 Å². The van der Waals surface area contributed by atoms with Crippen molar-refractivity contribution in [1.29, 1.82) is 0 Å². The van der Waals surface area contributed by atoms with Crippen LogP contribution in [0, 0.1) is 5.21 Å². The highest BCUT2D eigenvalue weighted by molar-refractivity contribution is 7.84. The zero-order chi connectivity index (χ0) is 14.4. The molecule has 8 nitrogen and oxygen atoms in total. The molecule has 0 fully saturated rings. The van der Waals surface area contributed by atoms with Gasteiger partial charge in [-0.05, 0) is 17.0 Å². The Balaban J connectivity index is 2.47. The summed E-state index contributed by atoms with van der Waals surface area (Å²) in [5.74, 6) is -1.22. The lowest BCUT2D eigenvalue weighted by Gasteiger charge is -2.03. The zero-order valence-corrected chi connectivity index (χ0v) is 11.0. The van der Waals surface area contributed by atoms with Crippen molar-refractivity contribution in [3.8, 4) is 0 Å². The summed E-state index contributed by atoms with van der Waals surface area (Å²) in [5, 5.41) is 28.5. The highest BCUT2D eigenvalue weighted by Crippen LogP contribution is 2.17. The highest BCUT2D eigenvalue weighted by atomic mass is 32.2. The Morgan fingerprint density at radius 2 is 2.25 bits per heavy atom. The Kier molecular flexibility index (Phi) is 2.64. The third kappa shape index (κ3) is 1.71. The molecule has 3 rings (SSSR count). The number of carboxylic acids is 1. The molecule has 0 aliphatic rings. The number of aromatic carboxylic acids is 1. The maximum Gasteiger partial charge on any atom is 0.341 e. The number of aromatic nitrogens is 4. The van der Waals surface area contributed by atoms with E-state index in [9.17, 15) is 14.2 Å². The van der Waals surface area contributed by atoms with E-state index in [1.165, 1.54) is 22.9 Å². The van der Waals surface area contributed by atoms with E-state index in [4.69, 9.17) is 5.11 Å². The Morgan fingerprint density at radius 1 is 1.50 bits per heavy atom. The number of nitrogens with zero attached hydrogens (tertiary/aromatic N) is 4. The van der Waals surface area contributed by atoms with Crippen LogP contribution in [-0.4, -0.2) is 36.3 Å². The van der Waals surface area contributed by atoms with Crippen LogP contribution in [0.15, 0.2) is 29.3 Å². The van der Waals surface area contributed by atoms with Gasteiger partial charge in [0.1, 0.15) is 11.1 Å². The lowest BCUT2D eigenvalue weighted by Crippen LogP contribution is -2.33. The number of hydrogen-bond acceptors (Lipinski definition) is 5. The van der Waals surface area contributed by atoms with Crippen LogP contribution in [0.1, 0.15) is 10.4 Å². The molecular weight excluding hydrogens is 284 g/mol. The van der Waals surface area contributed by atoms with Crippen molar-refractivity contribution in [2.75, 3.05) is 6.26 Å². The van der Waals surface area contributed by atoms with E-state index < -0.39 is 16.8 Å². The number of carbonyl (C=O) groups is 1. The molecule has 0 aliphatic carbocycles. The first kappa shape index (κ1) is 12.5. The third-order valence-electron chi connectivity index (χ3n) is 2.87. The van der Waals surface area contributed by atoms with E-state index in [-0.39, 0.29) is 16.7 Å². The normalized spacial score (nSPS) is 12.8. The van der Waals surface area contributed by atoms with Gasteiger partial charge in [-0.1, -0.05) is 0 Å². The Hall–Kier alpha value is -2.55. The lowest BCUT2D eigenvalue weighted by atomic mass is 10.3. The van der Waals surface area contributed by atoms with Crippen LogP contribution in [0.25, 0.3) is 16.7 Å². The van der Waals surface area contributed by atoms with E-state index in [1.807, 2.05) is 0 Å². The molecule has 2 heterocycles. The fraction of sp³-hybridized carbons (Fsp3) is 0.0909. The first-order chi connectivity index (χ1) is 9.49. The van der Waals surface area contributed by atoms with Crippen LogP contribution < -0.4 is 4.85 Å². The van der Waals surface area contributed by atoms with Crippen LogP contribution in [0.3, 0.4) is 0 Å². The Bertz CT molecular complexity index is 889. The van der Waals surface area contributed by atoms with Crippen LogP contribution in [0.4, 0.5) is 0 Å². The SMILES string of the molecule is CS(=O)c1ccc2c(c1)n1ncc(C(=O)O)c1n[n+]2[O-]. The van der Waals surface area contributed by atoms with Crippen molar-refractivity contribution in [1.82, 2.24) is 14.7 Å². The van der Waals surface area contributed by atoms with Crippen molar-refractivity contribution >= 4 is 33.4 Å². The summed E-state index contributed by atoms with van der Waals surface area (Å²) in [6.07, 6.45) is 2.64. The molecule has 1 unspecified atom stereocenters. The molecular formula is C11H8N4O4S. The minimum absolute atomic E-state index is 0.0564. The van der Waals surface area contributed by atoms with Crippen LogP contribution in [0.2, 0.25) is 0 Å².